The molecule has 1 radical (unpaired) electrons. The monoisotopic (exact) mass is 214 g/mol. The first-order valence-electron chi connectivity index (χ1n) is 2.88. The Morgan fingerprint density at radius 3 is 2.64 bits per heavy atom. The third-order valence-electron chi connectivity index (χ3n) is 1.29. The van der Waals surface area contributed by atoms with Crippen molar-refractivity contribution in [3.63, 3.8) is 0 Å². The van der Waals surface area contributed by atoms with Crippen LogP contribution in [0.1, 0.15) is 5.56 Å². The normalized spacial score (nSPS) is 9.64. The number of nitrogens with zero attached hydrogens (tertiary/aromatic N) is 1. The molecule has 1 aromatic carbocycles. The second-order valence-electron chi connectivity index (χ2n) is 1.99. The summed E-state index contributed by atoms with van der Waals surface area (Å²) >= 11 is 3.15. The molecule has 1 aromatic rings. The molecular weight excluding hydrogens is 210 g/mol. The summed E-state index contributed by atoms with van der Waals surface area (Å²) < 4.78 is 0.659. The van der Waals surface area contributed by atoms with Crippen LogP contribution in [0.2, 0.25) is 0 Å². The molecule has 0 N–H and O–H groups in total. The van der Waals surface area contributed by atoms with Crippen molar-refractivity contribution in [2.24, 2.45) is 0 Å². The predicted molar refractivity (Wildman–Crippen MR) is 45.3 cm³/mol. The number of benzene rings is 1. The van der Waals surface area contributed by atoms with E-state index >= 15 is 0 Å². The van der Waals surface area contributed by atoms with Crippen molar-refractivity contribution < 1.29 is 4.92 Å². The largest absolute Gasteiger partial charge is 0.273 e. The molecule has 0 aliphatic carbocycles. The van der Waals surface area contributed by atoms with Crippen molar-refractivity contribution >= 4 is 21.6 Å². The molecule has 0 aromatic heterocycles. The Balaban J connectivity index is 3.27. The molecule has 0 fully saturated rings. The second-order valence-corrected chi connectivity index (χ2v) is 2.85. The SMILES string of the molecule is [CH2]c1c(Br)cccc1[N+](=O)[O-]. The quantitative estimate of drug-likeness (QED) is 0.533. The van der Waals surface area contributed by atoms with Crippen LogP contribution in [0, 0.1) is 17.0 Å². The Morgan fingerprint density at radius 2 is 2.18 bits per heavy atom. The van der Waals surface area contributed by atoms with Crippen molar-refractivity contribution in [1.29, 1.82) is 0 Å². The first-order chi connectivity index (χ1) is 5.13. The summed E-state index contributed by atoms with van der Waals surface area (Å²) in [7, 11) is 0. The van der Waals surface area contributed by atoms with E-state index in [1.807, 2.05) is 0 Å². The lowest BCUT2D eigenvalue weighted by atomic mass is 10.2. The molecule has 0 aliphatic heterocycles. The zero-order valence-corrected chi connectivity index (χ0v) is 7.17. The van der Waals surface area contributed by atoms with Gasteiger partial charge in [-0.25, -0.2) is 0 Å². The molecule has 0 saturated heterocycles. The average molecular weight is 215 g/mol. The van der Waals surface area contributed by atoms with Gasteiger partial charge in [-0.05, 0) is 13.0 Å². The highest BCUT2D eigenvalue weighted by atomic mass is 79.9. The fourth-order valence-corrected chi connectivity index (χ4v) is 1.07. The van der Waals surface area contributed by atoms with E-state index in [1.54, 1.807) is 12.1 Å². The Bertz CT molecular complexity index is 298. The van der Waals surface area contributed by atoms with Gasteiger partial charge in [0.05, 0.1) is 4.92 Å². The number of hydrogen-bond donors (Lipinski definition) is 0. The van der Waals surface area contributed by atoms with Crippen LogP contribution < -0.4 is 0 Å². The zero-order chi connectivity index (χ0) is 8.43. The van der Waals surface area contributed by atoms with Crippen LogP contribution in [-0.2, 0) is 0 Å². The molecule has 0 amide bonds. The maximum Gasteiger partial charge on any atom is 0.273 e. The fourth-order valence-electron chi connectivity index (χ4n) is 0.718. The first-order valence-corrected chi connectivity index (χ1v) is 3.67. The van der Waals surface area contributed by atoms with Crippen molar-refractivity contribution in [2.75, 3.05) is 0 Å². The minimum Gasteiger partial charge on any atom is -0.258 e. The standard InChI is InChI=1S/C7H5BrNO2/c1-5-6(8)3-2-4-7(5)9(10)11/h2-4H,1H2. The molecule has 11 heavy (non-hydrogen) atoms. The summed E-state index contributed by atoms with van der Waals surface area (Å²) in [4.78, 5) is 9.87. The van der Waals surface area contributed by atoms with Gasteiger partial charge in [-0.1, -0.05) is 22.0 Å². The third kappa shape index (κ3) is 1.57. The van der Waals surface area contributed by atoms with E-state index < -0.39 is 4.92 Å². The number of halogens is 1. The summed E-state index contributed by atoms with van der Waals surface area (Å²) in [6, 6.07) is 4.75. The summed E-state index contributed by atoms with van der Waals surface area (Å²) in [5.41, 5.74) is 0.455. The molecule has 0 spiro atoms. The molecule has 0 atom stereocenters. The summed E-state index contributed by atoms with van der Waals surface area (Å²) in [6.07, 6.45) is 0. The molecule has 3 nitrogen and oxygen atoms in total. The Kier molecular flexibility index (Phi) is 2.24. The summed E-state index contributed by atoms with van der Waals surface area (Å²) in [6.45, 7) is 3.55. The molecule has 1 rings (SSSR count). The predicted octanol–water partition coefficient (Wildman–Crippen LogP) is 2.54. The van der Waals surface area contributed by atoms with Crippen LogP contribution in [0.5, 0.6) is 0 Å². The minimum atomic E-state index is -0.451. The molecule has 0 saturated carbocycles. The van der Waals surface area contributed by atoms with Crippen molar-refractivity contribution in [3.8, 4) is 0 Å². The summed E-state index contributed by atoms with van der Waals surface area (Å²) in [5.74, 6) is 0. The smallest absolute Gasteiger partial charge is 0.258 e. The van der Waals surface area contributed by atoms with Gasteiger partial charge in [-0.3, -0.25) is 10.1 Å². The highest BCUT2D eigenvalue weighted by Gasteiger charge is 2.10. The Morgan fingerprint density at radius 1 is 1.55 bits per heavy atom. The van der Waals surface area contributed by atoms with Crippen molar-refractivity contribution in [2.45, 2.75) is 0 Å². The minimum absolute atomic E-state index is 0.0411. The molecule has 0 bridgehead atoms. The van der Waals surface area contributed by atoms with Gasteiger partial charge >= 0.3 is 0 Å². The van der Waals surface area contributed by atoms with E-state index in [0.717, 1.165) is 0 Å². The van der Waals surface area contributed by atoms with Gasteiger partial charge in [0.2, 0.25) is 0 Å². The third-order valence-corrected chi connectivity index (χ3v) is 2.03. The van der Waals surface area contributed by atoms with E-state index in [-0.39, 0.29) is 5.69 Å². The van der Waals surface area contributed by atoms with Gasteiger partial charge in [0.25, 0.3) is 5.69 Å². The van der Waals surface area contributed by atoms with Crippen molar-refractivity contribution in [3.05, 3.63) is 45.3 Å². The van der Waals surface area contributed by atoms with E-state index in [9.17, 15) is 10.1 Å². The first kappa shape index (κ1) is 8.20. The fraction of sp³-hybridized carbons (Fsp3) is 0. The highest BCUT2D eigenvalue weighted by molar-refractivity contribution is 9.10. The molecular formula is C7H5BrNO2. The van der Waals surface area contributed by atoms with Crippen LogP contribution in [-0.4, -0.2) is 4.92 Å². The maximum absolute atomic E-state index is 10.3. The molecule has 0 aliphatic rings. The van der Waals surface area contributed by atoms with Gasteiger partial charge in [0.1, 0.15) is 0 Å². The molecule has 4 heteroatoms. The Labute approximate surface area is 72.3 Å². The van der Waals surface area contributed by atoms with Crippen LogP contribution in [0.3, 0.4) is 0 Å². The summed E-state index contributed by atoms with van der Waals surface area (Å²) in [5, 5.41) is 10.3. The highest BCUT2D eigenvalue weighted by Crippen LogP contribution is 2.24. The van der Waals surface area contributed by atoms with Crippen LogP contribution in [0.15, 0.2) is 22.7 Å². The van der Waals surface area contributed by atoms with E-state index in [2.05, 4.69) is 22.9 Å². The molecule has 0 heterocycles. The topological polar surface area (TPSA) is 43.1 Å². The second kappa shape index (κ2) is 3.00. The maximum atomic E-state index is 10.3. The van der Waals surface area contributed by atoms with Crippen LogP contribution in [0.25, 0.3) is 0 Å². The Hall–Kier alpha value is -0.900. The van der Waals surface area contributed by atoms with E-state index in [0.29, 0.717) is 10.0 Å². The van der Waals surface area contributed by atoms with E-state index in [4.69, 9.17) is 0 Å². The van der Waals surface area contributed by atoms with Crippen LogP contribution >= 0.6 is 15.9 Å². The number of rotatable bonds is 1. The molecule has 57 valence electrons. The lowest BCUT2D eigenvalue weighted by molar-refractivity contribution is -0.385. The van der Waals surface area contributed by atoms with Gasteiger partial charge in [-0.15, -0.1) is 0 Å². The van der Waals surface area contributed by atoms with Crippen molar-refractivity contribution in [1.82, 2.24) is 0 Å². The molecule has 0 unspecified atom stereocenters. The number of nitro groups is 1. The van der Waals surface area contributed by atoms with Crippen LogP contribution in [0.4, 0.5) is 5.69 Å². The number of nitro benzene ring substituents is 1. The van der Waals surface area contributed by atoms with Gasteiger partial charge in [0.15, 0.2) is 0 Å². The van der Waals surface area contributed by atoms with E-state index in [1.165, 1.54) is 6.07 Å². The zero-order valence-electron chi connectivity index (χ0n) is 5.58. The lowest BCUT2D eigenvalue weighted by Crippen LogP contribution is -1.91. The van der Waals surface area contributed by atoms with Gasteiger partial charge in [0, 0.05) is 16.1 Å². The lowest BCUT2D eigenvalue weighted by Gasteiger charge is -1.97. The average Bonchev–Trinajstić information content (AvgIpc) is 1.94. The van der Waals surface area contributed by atoms with Gasteiger partial charge in [-0.2, -0.15) is 0 Å². The number of hydrogen-bond acceptors (Lipinski definition) is 2. The van der Waals surface area contributed by atoms with Gasteiger partial charge < -0.3 is 0 Å².